The van der Waals surface area contributed by atoms with Gasteiger partial charge in [-0.1, -0.05) is 11.6 Å². The number of nitrogens with zero attached hydrogens (tertiary/aromatic N) is 2. The van der Waals surface area contributed by atoms with Crippen LogP contribution in [0.15, 0.2) is 22.7 Å². The number of Topliss-reactive ketones (excluding diaryl/α,β-unsaturated/α-hetero) is 1. The molecule has 0 N–H and O–H groups in total. The van der Waals surface area contributed by atoms with Crippen molar-refractivity contribution in [2.75, 3.05) is 0 Å². The lowest BCUT2D eigenvalue weighted by molar-refractivity contribution is -0.124. The first-order valence-corrected chi connectivity index (χ1v) is 7.25. The second-order valence-electron chi connectivity index (χ2n) is 5.58. The maximum absolute atomic E-state index is 13.1. The van der Waals surface area contributed by atoms with Gasteiger partial charge in [0.2, 0.25) is 11.7 Å². The van der Waals surface area contributed by atoms with E-state index >= 15 is 0 Å². The molecule has 21 heavy (non-hydrogen) atoms. The number of ketones is 1. The Balaban J connectivity index is 1.78. The van der Waals surface area contributed by atoms with Gasteiger partial charge in [0.25, 0.3) is 0 Å². The van der Waals surface area contributed by atoms with Gasteiger partial charge >= 0.3 is 0 Å². The van der Waals surface area contributed by atoms with Crippen LogP contribution in [0.1, 0.15) is 37.1 Å². The molecule has 1 fully saturated rings. The monoisotopic (exact) mass is 288 g/mol. The van der Waals surface area contributed by atoms with Gasteiger partial charge in [0, 0.05) is 24.3 Å². The Bertz CT molecular complexity index is 666. The number of aryl methyl sites for hydroxylation is 1. The molecule has 0 radical (unpaired) electrons. The van der Waals surface area contributed by atoms with Gasteiger partial charge in [-0.2, -0.15) is 4.98 Å². The minimum atomic E-state index is -0.284. The maximum atomic E-state index is 13.1. The molecule has 0 bridgehead atoms. The lowest BCUT2D eigenvalue weighted by Gasteiger charge is -2.18. The Hall–Kier alpha value is -2.04. The van der Waals surface area contributed by atoms with Crippen molar-refractivity contribution < 1.29 is 13.7 Å². The fourth-order valence-corrected chi connectivity index (χ4v) is 2.81. The first-order chi connectivity index (χ1) is 10.1. The molecule has 0 amide bonds. The van der Waals surface area contributed by atoms with Crippen LogP contribution in [0, 0.1) is 18.7 Å². The van der Waals surface area contributed by atoms with Gasteiger partial charge < -0.3 is 4.52 Å². The van der Waals surface area contributed by atoms with Gasteiger partial charge in [-0.15, -0.1) is 0 Å². The van der Waals surface area contributed by atoms with Crippen molar-refractivity contribution in [2.45, 2.75) is 39.0 Å². The molecule has 110 valence electrons. The molecule has 1 unspecified atom stereocenters. The molecule has 0 saturated heterocycles. The van der Waals surface area contributed by atoms with Crippen molar-refractivity contribution in [1.82, 2.24) is 10.1 Å². The average Bonchev–Trinajstić information content (AvgIpc) is 2.90. The van der Waals surface area contributed by atoms with Crippen molar-refractivity contribution in [2.24, 2.45) is 5.92 Å². The van der Waals surface area contributed by atoms with Crippen LogP contribution in [0.4, 0.5) is 4.39 Å². The van der Waals surface area contributed by atoms with Crippen LogP contribution in [-0.2, 0) is 11.2 Å². The van der Waals surface area contributed by atoms with Crippen LogP contribution in [0.5, 0.6) is 0 Å². The van der Waals surface area contributed by atoms with Crippen LogP contribution in [0.3, 0.4) is 0 Å². The highest BCUT2D eigenvalue weighted by Gasteiger charge is 2.25. The lowest BCUT2D eigenvalue weighted by atomic mass is 9.86. The molecule has 1 atom stereocenters. The standard InChI is InChI=1S/C16H17FN2O2/c1-10-8-12(17)6-7-13(10)16-18-15(21-19-16)9-11-4-2-3-5-14(11)20/h6-8,11H,2-5,9H2,1H3. The van der Waals surface area contributed by atoms with Gasteiger partial charge in [-0.3, -0.25) is 4.79 Å². The Morgan fingerprint density at radius 1 is 1.38 bits per heavy atom. The van der Waals surface area contributed by atoms with Crippen molar-refractivity contribution in [3.8, 4) is 11.4 Å². The van der Waals surface area contributed by atoms with E-state index in [9.17, 15) is 9.18 Å². The van der Waals surface area contributed by atoms with E-state index in [4.69, 9.17) is 4.52 Å². The quantitative estimate of drug-likeness (QED) is 0.867. The topological polar surface area (TPSA) is 56.0 Å². The zero-order chi connectivity index (χ0) is 14.8. The normalized spacial score (nSPS) is 19.0. The molecule has 5 heteroatoms. The van der Waals surface area contributed by atoms with Gasteiger partial charge in [-0.05, 0) is 43.5 Å². The number of halogens is 1. The molecule has 3 rings (SSSR count). The van der Waals surface area contributed by atoms with E-state index in [0.717, 1.165) is 30.4 Å². The number of carbonyl (C=O) groups excluding carboxylic acids is 1. The van der Waals surface area contributed by atoms with Crippen molar-refractivity contribution >= 4 is 5.78 Å². The second kappa shape index (κ2) is 5.76. The van der Waals surface area contributed by atoms with Crippen LogP contribution in [0.25, 0.3) is 11.4 Å². The molecule has 2 aromatic rings. The summed E-state index contributed by atoms with van der Waals surface area (Å²) in [6.45, 7) is 1.80. The summed E-state index contributed by atoms with van der Waals surface area (Å²) in [5.74, 6) is 0.938. The second-order valence-corrected chi connectivity index (χ2v) is 5.58. The molecule has 1 aliphatic carbocycles. The maximum Gasteiger partial charge on any atom is 0.227 e. The third-order valence-electron chi connectivity index (χ3n) is 4.00. The zero-order valence-corrected chi connectivity index (χ0v) is 11.9. The lowest BCUT2D eigenvalue weighted by Crippen LogP contribution is -2.21. The number of benzene rings is 1. The van der Waals surface area contributed by atoms with Crippen molar-refractivity contribution in [3.63, 3.8) is 0 Å². The number of aromatic nitrogens is 2. The predicted octanol–water partition coefficient (Wildman–Crippen LogP) is 3.49. The highest BCUT2D eigenvalue weighted by Crippen LogP contribution is 2.25. The summed E-state index contributed by atoms with van der Waals surface area (Å²) < 4.78 is 18.4. The number of hydrogen-bond acceptors (Lipinski definition) is 4. The third kappa shape index (κ3) is 3.01. The first kappa shape index (κ1) is 13.9. The molecule has 0 aliphatic heterocycles. The van der Waals surface area contributed by atoms with E-state index in [1.54, 1.807) is 13.0 Å². The molecule has 1 aromatic carbocycles. The fourth-order valence-electron chi connectivity index (χ4n) is 2.81. The molecular weight excluding hydrogens is 271 g/mol. The highest BCUT2D eigenvalue weighted by atomic mass is 19.1. The Morgan fingerprint density at radius 3 is 3.00 bits per heavy atom. The van der Waals surface area contributed by atoms with E-state index in [1.807, 2.05) is 0 Å². The summed E-state index contributed by atoms with van der Waals surface area (Å²) >= 11 is 0. The zero-order valence-electron chi connectivity index (χ0n) is 11.9. The summed E-state index contributed by atoms with van der Waals surface area (Å²) in [4.78, 5) is 16.2. The average molecular weight is 288 g/mol. The molecule has 1 saturated carbocycles. The van der Waals surface area contributed by atoms with E-state index in [2.05, 4.69) is 10.1 Å². The van der Waals surface area contributed by atoms with Crippen molar-refractivity contribution in [1.29, 1.82) is 0 Å². The minimum absolute atomic E-state index is 0.00126. The van der Waals surface area contributed by atoms with Crippen LogP contribution in [0.2, 0.25) is 0 Å². The van der Waals surface area contributed by atoms with Crippen LogP contribution >= 0.6 is 0 Å². The number of carbonyl (C=O) groups is 1. The minimum Gasteiger partial charge on any atom is -0.339 e. The molecule has 4 nitrogen and oxygen atoms in total. The largest absolute Gasteiger partial charge is 0.339 e. The van der Waals surface area contributed by atoms with Gasteiger partial charge in [0.1, 0.15) is 11.6 Å². The number of hydrogen-bond donors (Lipinski definition) is 0. The fraction of sp³-hybridized carbons (Fsp3) is 0.438. The molecular formula is C16H17FN2O2. The van der Waals surface area contributed by atoms with E-state index in [0.29, 0.717) is 30.3 Å². The SMILES string of the molecule is Cc1cc(F)ccc1-c1noc(CC2CCCCC2=O)n1. The summed E-state index contributed by atoms with van der Waals surface area (Å²) in [6.07, 6.45) is 4.12. The van der Waals surface area contributed by atoms with Gasteiger partial charge in [0.05, 0.1) is 0 Å². The Kier molecular flexibility index (Phi) is 3.82. The van der Waals surface area contributed by atoms with E-state index in [1.165, 1.54) is 12.1 Å². The van der Waals surface area contributed by atoms with Crippen LogP contribution in [-0.4, -0.2) is 15.9 Å². The molecule has 1 aromatic heterocycles. The van der Waals surface area contributed by atoms with E-state index in [-0.39, 0.29) is 11.7 Å². The summed E-state index contributed by atoms with van der Waals surface area (Å²) in [5.41, 5.74) is 1.51. The van der Waals surface area contributed by atoms with Crippen molar-refractivity contribution in [3.05, 3.63) is 35.5 Å². The predicted molar refractivity (Wildman–Crippen MR) is 75.1 cm³/mol. The van der Waals surface area contributed by atoms with Crippen LogP contribution < -0.4 is 0 Å². The highest BCUT2D eigenvalue weighted by molar-refractivity contribution is 5.81. The van der Waals surface area contributed by atoms with Gasteiger partial charge in [-0.25, -0.2) is 4.39 Å². The first-order valence-electron chi connectivity index (χ1n) is 7.25. The molecule has 0 spiro atoms. The third-order valence-corrected chi connectivity index (χ3v) is 4.00. The van der Waals surface area contributed by atoms with E-state index < -0.39 is 0 Å². The van der Waals surface area contributed by atoms with Gasteiger partial charge in [0.15, 0.2) is 0 Å². The summed E-state index contributed by atoms with van der Waals surface area (Å²) in [7, 11) is 0. The Morgan fingerprint density at radius 2 is 2.24 bits per heavy atom. The number of rotatable bonds is 3. The molecule has 1 heterocycles. The molecule has 1 aliphatic rings. The summed E-state index contributed by atoms with van der Waals surface area (Å²) in [5, 5.41) is 3.95. The Labute approximate surface area is 122 Å². The smallest absolute Gasteiger partial charge is 0.227 e. The summed E-state index contributed by atoms with van der Waals surface area (Å²) in [6, 6.07) is 4.46.